The van der Waals surface area contributed by atoms with Gasteiger partial charge < -0.3 is 30.3 Å². The van der Waals surface area contributed by atoms with Crippen LogP contribution in [-0.4, -0.2) is 53.4 Å². The summed E-state index contributed by atoms with van der Waals surface area (Å²) in [5.74, 6) is -0.178. The molecule has 1 unspecified atom stereocenters. The number of nitrogens with zero attached hydrogens (tertiary/aromatic N) is 1. The fraction of sp³-hybridized carbons (Fsp3) is 0.324. The van der Waals surface area contributed by atoms with Gasteiger partial charge in [-0.3, -0.25) is 4.90 Å². The van der Waals surface area contributed by atoms with Crippen molar-refractivity contribution in [1.82, 2.24) is 10.2 Å². The SMILES string of the molecule is CCNC(=O)Nc1cccc(C2O[C@H](CN(C)[C@@H](C)[C@H](O)c3ccccc3)[C@@H](c3ccccc3)[C@H](c3ccc(CO)cc3)O2)c1. The second-order valence-electron chi connectivity index (χ2n) is 11.5. The van der Waals surface area contributed by atoms with E-state index in [1.54, 1.807) is 0 Å². The van der Waals surface area contributed by atoms with E-state index in [2.05, 4.69) is 27.7 Å². The van der Waals surface area contributed by atoms with Gasteiger partial charge in [0.1, 0.15) is 0 Å². The van der Waals surface area contributed by atoms with Crippen LogP contribution >= 0.6 is 0 Å². The summed E-state index contributed by atoms with van der Waals surface area (Å²) in [6, 6.07) is 34.8. The van der Waals surface area contributed by atoms with E-state index in [9.17, 15) is 15.0 Å². The van der Waals surface area contributed by atoms with Gasteiger partial charge in [-0.1, -0.05) is 97.1 Å². The number of aliphatic hydroxyl groups is 2. The van der Waals surface area contributed by atoms with Crippen molar-refractivity contribution in [2.45, 2.75) is 57.0 Å². The van der Waals surface area contributed by atoms with E-state index >= 15 is 0 Å². The average Bonchev–Trinajstić information content (AvgIpc) is 3.08. The molecule has 8 nitrogen and oxygen atoms in total. The van der Waals surface area contributed by atoms with Crippen molar-refractivity contribution in [1.29, 1.82) is 0 Å². The Hall–Kier alpha value is -4.05. The lowest BCUT2D eigenvalue weighted by molar-refractivity contribution is -0.264. The Bertz CT molecular complexity index is 1500. The summed E-state index contributed by atoms with van der Waals surface area (Å²) in [5.41, 5.74) is 5.14. The van der Waals surface area contributed by atoms with E-state index in [0.29, 0.717) is 18.8 Å². The highest BCUT2D eigenvalue weighted by atomic mass is 16.7. The summed E-state index contributed by atoms with van der Waals surface area (Å²) >= 11 is 0. The summed E-state index contributed by atoms with van der Waals surface area (Å²) in [5, 5.41) is 26.6. The number of benzene rings is 4. The number of hydrogen-bond donors (Lipinski definition) is 4. The number of rotatable bonds is 11. The van der Waals surface area contributed by atoms with Gasteiger partial charge in [0.25, 0.3) is 0 Å². The number of carbonyl (C=O) groups is 1. The predicted molar refractivity (Wildman–Crippen MR) is 176 cm³/mol. The Labute approximate surface area is 265 Å². The molecular formula is C37H43N3O5. The van der Waals surface area contributed by atoms with Gasteiger partial charge in [-0.05, 0) is 55.3 Å². The number of aliphatic hydroxyl groups excluding tert-OH is 2. The molecule has 6 atom stereocenters. The molecule has 0 radical (unpaired) electrons. The van der Waals surface area contributed by atoms with Gasteiger partial charge in [-0.15, -0.1) is 0 Å². The summed E-state index contributed by atoms with van der Waals surface area (Å²) < 4.78 is 13.7. The normalized spacial score (nSPS) is 21.2. The first-order chi connectivity index (χ1) is 21.9. The lowest BCUT2D eigenvalue weighted by Crippen LogP contribution is -2.46. The van der Waals surface area contributed by atoms with E-state index in [-0.39, 0.29) is 36.8 Å². The molecule has 4 aromatic carbocycles. The first-order valence-corrected chi connectivity index (χ1v) is 15.5. The molecule has 1 saturated heterocycles. The van der Waals surface area contributed by atoms with Gasteiger partial charge in [0.15, 0.2) is 6.29 Å². The van der Waals surface area contributed by atoms with Crippen LogP contribution in [0.25, 0.3) is 0 Å². The predicted octanol–water partition coefficient (Wildman–Crippen LogP) is 6.31. The van der Waals surface area contributed by atoms with Crippen LogP contribution in [0.1, 0.15) is 66.1 Å². The van der Waals surface area contributed by atoms with Crippen LogP contribution in [0.4, 0.5) is 10.5 Å². The molecule has 5 rings (SSSR count). The van der Waals surface area contributed by atoms with Crippen LogP contribution in [0.3, 0.4) is 0 Å². The third kappa shape index (κ3) is 7.97. The van der Waals surface area contributed by atoms with Gasteiger partial charge in [0.05, 0.1) is 24.9 Å². The maximum absolute atomic E-state index is 12.3. The van der Waals surface area contributed by atoms with Gasteiger partial charge in [0, 0.05) is 36.3 Å². The minimum absolute atomic E-state index is 0.0416. The molecule has 8 heteroatoms. The highest BCUT2D eigenvalue weighted by Gasteiger charge is 2.43. The maximum Gasteiger partial charge on any atom is 0.319 e. The van der Waals surface area contributed by atoms with Crippen molar-refractivity contribution in [3.8, 4) is 0 Å². The molecule has 0 aromatic heterocycles. The van der Waals surface area contributed by atoms with E-state index in [1.807, 2.05) is 118 Å². The highest BCUT2D eigenvalue weighted by molar-refractivity contribution is 5.89. The lowest BCUT2D eigenvalue weighted by Gasteiger charge is -2.45. The number of ether oxygens (including phenoxy) is 2. The quantitative estimate of drug-likeness (QED) is 0.159. The number of anilines is 1. The molecule has 45 heavy (non-hydrogen) atoms. The Kier molecular flexibility index (Phi) is 11.0. The molecular weight excluding hydrogens is 566 g/mol. The minimum atomic E-state index is -0.726. The standard InChI is InChI=1S/C37H43N3O5/c1-4-38-37(43)39-31-17-11-16-30(22-31)36-44-32(23-40(3)25(2)34(42)28-14-9-6-10-15-28)33(27-12-7-5-8-13-27)35(45-36)29-20-18-26(24-41)19-21-29/h5-22,25,32-36,41-42H,4,23-24H2,1-3H3,(H2,38,39,43)/t25-,32+,33+,34-,35-,36?/m0/s1. The average molecular weight is 610 g/mol. The number of urea groups is 1. The van der Waals surface area contributed by atoms with Crippen molar-refractivity contribution in [3.63, 3.8) is 0 Å². The molecule has 0 saturated carbocycles. The van der Waals surface area contributed by atoms with Gasteiger partial charge in [0.2, 0.25) is 0 Å². The fourth-order valence-electron chi connectivity index (χ4n) is 5.88. The third-order valence-electron chi connectivity index (χ3n) is 8.49. The van der Waals surface area contributed by atoms with Crippen molar-refractivity contribution in [3.05, 3.63) is 137 Å². The van der Waals surface area contributed by atoms with Crippen LogP contribution in [0.5, 0.6) is 0 Å². The van der Waals surface area contributed by atoms with Gasteiger partial charge in [-0.25, -0.2) is 4.79 Å². The zero-order valence-electron chi connectivity index (χ0n) is 26.0. The molecule has 0 bridgehead atoms. The molecule has 4 N–H and O–H groups in total. The molecule has 0 spiro atoms. The van der Waals surface area contributed by atoms with Crippen molar-refractivity contribution < 1.29 is 24.5 Å². The summed E-state index contributed by atoms with van der Waals surface area (Å²) in [6.45, 7) is 4.89. The molecule has 236 valence electrons. The Balaban J connectivity index is 1.51. The number of amides is 2. The lowest BCUT2D eigenvalue weighted by atomic mass is 9.83. The molecule has 2 amide bonds. The van der Waals surface area contributed by atoms with E-state index in [0.717, 1.165) is 27.8 Å². The third-order valence-corrected chi connectivity index (χ3v) is 8.49. The molecule has 1 aliphatic heterocycles. The second-order valence-corrected chi connectivity index (χ2v) is 11.5. The number of hydrogen-bond acceptors (Lipinski definition) is 6. The summed E-state index contributed by atoms with van der Waals surface area (Å²) in [7, 11) is 2.01. The van der Waals surface area contributed by atoms with E-state index in [4.69, 9.17) is 9.47 Å². The number of nitrogens with one attached hydrogen (secondary N) is 2. The molecule has 1 aliphatic rings. The van der Waals surface area contributed by atoms with E-state index < -0.39 is 12.4 Å². The first kappa shape index (κ1) is 32.3. The summed E-state index contributed by atoms with van der Waals surface area (Å²) in [4.78, 5) is 14.4. The van der Waals surface area contributed by atoms with Crippen LogP contribution in [0.15, 0.2) is 109 Å². The Morgan fingerprint density at radius 2 is 1.53 bits per heavy atom. The highest BCUT2D eigenvalue weighted by Crippen LogP contribution is 2.47. The molecule has 0 aliphatic carbocycles. The summed E-state index contributed by atoms with van der Waals surface area (Å²) in [6.07, 6.45) is -2.12. The van der Waals surface area contributed by atoms with Crippen LogP contribution in [-0.2, 0) is 16.1 Å². The zero-order valence-corrected chi connectivity index (χ0v) is 26.0. The first-order valence-electron chi connectivity index (χ1n) is 15.5. The van der Waals surface area contributed by atoms with Gasteiger partial charge in [-0.2, -0.15) is 0 Å². The fourth-order valence-corrected chi connectivity index (χ4v) is 5.88. The molecule has 1 heterocycles. The van der Waals surface area contributed by atoms with E-state index in [1.165, 1.54) is 0 Å². The maximum atomic E-state index is 12.3. The van der Waals surface area contributed by atoms with Crippen LogP contribution in [0, 0.1) is 0 Å². The topological polar surface area (TPSA) is 103 Å². The second kappa shape index (κ2) is 15.3. The van der Waals surface area contributed by atoms with Crippen molar-refractivity contribution in [2.75, 3.05) is 25.5 Å². The van der Waals surface area contributed by atoms with Crippen molar-refractivity contribution in [2.24, 2.45) is 0 Å². The van der Waals surface area contributed by atoms with Gasteiger partial charge >= 0.3 is 6.03 Å². The largest absolute Gasteiger partial charge is 0.392 e. The number of likely N-dealkylation sites (N-methyl/N-ethyl adjacent to an activating group) is 1. The number of carbonyl (C=O) groups excluding carboxylic acids is 1. The Morgan fingerprint density at radius 1 is 0.867 bits per heavy atom. The molecule has 4 aromatic rings. The van der Waals surface area contributed by atoms with Crippen LogP contribution < -0.4 is 10.6 Å². The van der Waals surface area contributed by atoms with Crippen LogP contribution in [0.2, 0.25) is 0 Å². The zero-order chi connectivity index (χ0) is 31.8. The monoisotopic (exact) mass is 609 g/mol. The Morgan fingerprint density at radius 3 is 2.20 bits per heavy atom. The van der Waals surface area contributed by atoms with Crippen molar-refractivity contribution >= 4 is 11.7 Å². The smallest absolute Gasteiger partial charge is 0.319 e. The minimum Gasteiger partial charge on any atom is -0.392 e. The molecule has 1 fully saturated rings.